The van der Waals surface area contributed by atoms with Crippen LogP contribution in [0.1, 0.15) is 18.6 Å². The Kier molecular flexibility index (Phi) is 4.57. The lowest BCUT2D eigenvalue weighted by Crippen LogP contribution is -2.41. The zero-order valence-corrected chi connectivity index (χ0v) is 10.6. The van der Waals surface area contributed by atoms with Gasteiger partial charge in [0.05, 0.1) is 12.2 Å². The second kappa shape index (κ2) is 6.38. The number of piperidine rings is 1. The summed E-state index contributed by atoms with van der Waals surface area (Å²) in [7, 11) is 0. The lowest BCUT2D eigenvalue weighted by Gasteiger charge is -2.30. The van der Waals surface area contributed by atoms with Gasteiger partial charge < -0.3 is 19.2 Å². The number of carboxylic acid groups (broad SMARTS) is 1. The Morgan fingerprint density at radius 2 is 2.16 bits per heavy atom. The van der Waals surface area contributed by atoms with E-state index in [9.17, 15) is 9.59 Å². The fourth-order valence-electron chi connectivity index (χ4n) is 2.10. The number of carbonyl (C=O) groups excluding carboxylic acids is 1. The van der Waals surface area contributed by atoms with Crippen LogP contribution in [0.3, 0.4) is 0 Å². The van der Waals surface area contributed by atoms with E-state index in [1.807, 2.05) is 0 Å². The zero-order chi connectivity index (χ0) is 13.7. The fraction of sp³-hybridized carbons (Fsp3) is 0.538. The number of ether oxygens (including phenoxy) is 1. The maximum absolute atomic E-state index is 11.8. The first-order chi connectivity index (χ1) is 9.16. The van der Waals surface area contributed by atoms with Gasteiger partial charge in [0.15, 0.2) is 0 Å². The Hall–Kier alpha value is -1.82. The summed E-state index contributed by atoms with van der Waals surface area (Å²) in [6.45, 7) is 1.24. The quantitative estimate of drug-likeness (QED) is 0.864. The molecule has 1 N–H and O–H groups in total. The van der Waals surface area contributed by atoms with Crippen molar-refractivity contribution in [1.29, 1.82) is 0 Å². The molecule has 0 unspecified atom stereocenters. The summed E-state index contributed by atoms with van der Waals surface area (Å²) in [5.41, 5.74) is 0. The van der Waals surface area contributed by atoms with Crippen molar-refractivity contribution in [2.24, 2.45) is 5.92 Å². The predicted octanol–water partition coefficient (Wildman–Crippen LogP) is 1.12. The first-order valence-electron chi connectivity index (χ1n) is 6.27. The van der Waals surface area contributed by atoms with Gasteiger partial charge in [0.25, 0.3) is 0 Å². The first kappa shape index (κ1) is 13.6. The molecule has 6 nitrogen and oxygen atoms in total. The van der Waals surface area contributed by atoms with E-state index in [0.29, 0.717) is 31.7 Å². The molecule has 0 atom stereocenters. The zero-order valence-electron chi connectivity index (χ0n) is 10.6. The Morgan fingerprint density at radius 1 is 1.42 bits per heavy atom. The highest BCUT2D eigenvalue weighted by atomic mass is 16.5. The summed E-state index contributed by atoms with van der Waals surface area (Å²) in [4.78, 5) is 24.3. The smallest absolute Gasteiger partial charge is 0.306 e. The average Bonchev–Trinajstić information content (AvgIpc) is 2.92. The number of furan rings is 1. The van der Waals surface area contributed by atoms with E-state index in [-0.39, 0.29) is 25.0 Å². The molecule has 2 heterocycles. The number of nitrogens with zero attached hydrogens (tertiary/aromatic N) is 1. The summed E-state index contributed by atoms with van der Waals surface area (Å²) in [5.74, 6) is -0.526. The van der Waals surface area contributed by atoms with Crippen LogP contribution in [-0.4, -0.2) is 41.6 Å². The van der Waals surface area contributed by atoms with Crippen LogP contribution >= 0.6 is 0 Å². The minimum absolute atomic E-state index is 0.00155. The normalized spacial score (nSPS) is 16.5. The maximum atomic E-state index is 11.8. The van der Waals surface area contributed by atoms with Crippen molar-refractivity contribution in [1.82, 2.24) is 4.90 Å². The third-order valence-corrected chi connectivity index (χ3v) is 3.25. The molecule has 1 aliphatic rings. The number of likely N-dealkylation sites (tertiary alicyclic amines) is 1. The molecule has 0 radical (unpaired) electrons. The van der Waals surface area contributed by atoms with E-state index >= 15 is 0 Å². The number of aliphatic carboxylic acids is 1. The van der Waals surface area contributed by atoms with Crippen molar-refractivity contribution < 1.29 is 23.8 Å². The van der Waals surface area contributed by atoms with E-state index in [1.165, 1.54) is 0 Å². The van der Waals surface area contributed by atoms with Crippen molar-refractivity contribution in [2.75, 3.05) is 19.7 Å². The molecule has 0 spiro atoms. The van der Waals surface area contributed by atoms with E-state index in [1.54, 1.807) is 23.3 Å². The molecule has 1 amide bonds. The van der Waals surface area contributed by atoms with Gasteiger partial charge in [-0.2, -0.15) is 0 Å². The molecule has 1 fully saturated rings. The number of rotatable bonds is 5. The van der Waals surface area contributed by atoms with Crippen LogP contribution in [0.5, 0.6) is 0 Å². The molecule has 1 aromatic rings. The molecule has 1 aliphatic heterocycles. The minimum atomic E-state index is -0.777. The molecular formula is C13H17NO5. The largest absolute Gasteiger partial charge is 0.481 e. The Bertz CT molecular complexity index is 420. The molecule has 1 aromatic heterocycles. The first-order valence-corrected chi connectivity index (χ1v) is 6.27. The Labute approximate surface area is 110 Å². The summed E-state index contributed by atoms with van der Waals surface area (Å²) in [5, 5.41) is 8.87. The second-order valence-corrected chi connectivity index (χ2v) is 4.57. The highest BCUT2D eigenvalue weighted by molar-refractivity contribution is 5.78. The van der Waals surface area contributed by atoms with Crippen LogP contribution in [0, 0.1) is 5.92 Å². The van der Waals surface area contributed by atoms with Gasteiger partial charge >= 0.3 is 5.97 Å². The number of hydrogen-bond donors (Lipinski definition) is 1. The fourth-order valence-corrected chi connectivity index (χ4v) is 2.10. The van der Waals surface area contributed by atoms with Crippen LogP contribution in [0.4, 0.5) is 0 Å². The maximum Gasteiger partial charge on any atom is 0.306 e. The van der Waals surface area contributed by atoms with Crippen molar-refractivity contribution in [3.8, 4) is 0 Å². The summed E-state index contributed by atoms with van der Waals surface area (Å²) < 4.78 is 10.4. The summed E-state index contributed by atoms with van der Waals surface area (Å²) in [6, 6.07) is 3.54. The second-order valence-electron chi connectivity index (χ2n) is 4.57. The van der Waals surface area contributed by atoms with E-state index in [2.05, 4.69) is 0 Å². The van der Waals surface area contributed by atoms with Gasteiger partial charge in [-0.1, -0.05) is 0 Å². The summed E-state index contributed by atoms with van der Waals surface area (Å²) in [6.07, 6.45) is 2.58. The van der Waals surface area contributed by atoms with Gasteiger partial charge in [0.2, 0.25) is 5.91 Å². The van der Waals surface area contributed by atoms with Gasteiger partial charge in [-0.25, -0.2) is 0 Å². The number of amides is 1. The third kappa shape index (κ3) is 3.82. The van der Waals surface area contributed by atoms with Gasteiger partial charge in [-0.15, -0.1) is 0 Å². The molecule has 19 heavy (non-hydrogen) atoms. The standard InChI is InChI=1S/C13H17NO5/c15-12(9-18-8-11-2-1-7-19-11)14-5-3-10(4-6-14)13(16)17/h1-2,7,10H,3-6,8-9H2,(H,16,17). The molecular weight excluding hydrogens is 250 g/mol. The highest BCUT2D eigenvalue weighted by Gasteiger charge is 2.26. The molecule has 0 bridgehead atoms. The van der Waals surface area contributed by atoms with Crippen LogP contribution in [0.2, 0.25) is 0 Å². The highest BCUT2D eigenvalue weighted by Crippen LogP contribution is 2.17. The Morgan fingerprint density at radius 3 is 2.74 bits per heavy atom. The minimum Gasteiger partial charge on any atom is -0.481 e. The van der Waals surface area contributed by atoms with Gasteiger partial charge in [-0.05, 0) is 25.0 Å². The number of carbonyl (C=O) groups is 2. The van der Waals surface area contributed by atoms with Crippen molar-refractivity contribution in [2.45, 2.75) is 19.4 Å². The topological polar surface area (TPSA) is 80.0 Å². The third-order valence-electron chi connectivity index (χ3n) is 3.25. The lowest BCUT2D eigenvalue weighted by atomic mass is 9.97. The van der Waals surface area contributed by atoms with E-state index in [0.717, 1.165) is 0 Å². The molecule has 0 aliphatic carbocycles. The van der Waals surface area contributed by atoms with Gasteiger partial charge in [0.1, 0.15) is 19.0 Å². The van der Waals surface area contributed by atoms with Gasteiger partial charge in [-0.3, -0.25) is 9.59 Å². The van der Waals surface area contributed by atoms with E-state index in [4.69, 9.17) is 14.3 Å². The van der Waals surface area contributed by atoms with E-state index < -0.39 is 5.97 Å². The number of hydrogen-bond acceptors (Lipinski definition) is 4. The van der Waals surface area contributed by atoms with Crippen LogP contribution in [0.15, 0.2) is 22.8 Å². The molecule has 6 heteroatoms. The molecule has 0 aromatic carbocycles. The summed E-state index contributed by atoms with van der Waals surface area (Å²) >= 11 is 0. The van der Waals surface area contributed by atoms with Crippen molar-refractivity contribution >= 4 is 11.9 Å². The molecule has 2 rings (SSSR count). The van der Waals surface area contributed by atoms with Crippen LogP contribution in [0.25, 0.3) is 0 Å². The van der Waals surface area contributed by atoms with Gasteiger partial charge in [0, 0.05) is 13.1 Å². The Balaban J connectivity index is 1.68. The average molecular weight is 267 g/mol. The molecule has 0 saturated carbocycles. The molecule has 104 valence electrons. The van der Waals surface area contributed by atoms with Crippen LogP contribution < -0.4 is 0 Å². The SMILES string of the molecule is O=C(O)C1CCN(C(=O)COCc2ccco2)CC1. The number of carboxylic acids is 1. The monoisotopic (exact) mass is 267 g/mol. The molecule has 1 saturated heterocycles. The van der Waals surface area contributed by atoms with Crippen LogP contribution in [-0.2, 0) is 20.9 Å². The van der Waals surface area contributed by atoms with Crippen molar-refractivity contribution in [3.63, 3.8) is 0 Å². The van der Waals surface area contributed by atoms with Crippen molar-refractivity contribution in [3.05, 3.63) is 24.2 Å². The predicted molar refractivity (Wildman–Crippen MR) is 65.3 cm³/mol. The lowest BCUT2D eigenvalue weighted by molar-refractivity contribution is -0.147.